The smallest absolute Gasteiger partial charge is 0.409 e. The Morgan fingerprint density at radius 2 is 1.92 bits per heavy atom. The van der Waals surface area contributed by atoms with Crippen molar-refractivity contribution in [1.29, 1.82) is 0 Å². The maximum atomic E-state index is 11.9. The van der Waals surface area contributed by atoms with E-state index in [4.69, 9.17) is 9.47 Å². The number of nitrogens with one attached hydrogen (secondary N) is 2. The van der Waals surface area contributed by atoms with Crippen LogP contribution in [0.1, 0.15) is 32.6 Å². The fraction of sp³-hybridized carbons (Fsp3) is 0.706. The Morgan fingerprint density at radius 3 is 2.56 bits per heavy atom. The van der Waals surface area contributed by atoms with Gasteiger partial charge in [-0.15, -0.1) is 0 Å². The van der Waals surface area contributed by atoms with Crippen LogP contribution in [-0.2, 0) is 9.47 Å². The summed E-state index contributed by atoms with van der Waals surface area (Å²) >= 11 is 0. The van der Waals surface area contributed by atoms with Gasteiger partial charge in [0.1, 0.15) is 11.4 Å². The number of anilines is 2. The number of piperidine rings is 1. The van der Waals surface area contributed by atoms with Crippen molar-refractivity contribution in [2.75, 3.05) is 43.5 Å². The number of carbonyl (C=O) groups is 1. The largest absolute Gasteiger partial charge is 0.450 e. The molecule has 8 nitrogen and oxygen atoms in total. The first-order valence-electron chi connectivity index (χ1n) is 8.97. The molecule has 25 heavy (non-hydrogen) atoms. The lowest BCUT2D eigenvalue weighted by molar-refractivity contribution is 0.0983. The second kappa shape index (κ2) is 7.86. The van der Waals surface area contributed by atoms with Gasteiger partial charge in [-0.2, -0.15) is 0 Å². The topological polar surface area (TPSA) is 97.0 Å². The lowest BCUT2D eigenvalue weighted by Gasteiger charge is -2.32. The molecule has 0 bridgehead atoms. The Balaban J connectivity index is 1.52. The third kappa shape index (κ3) is 3.95. The molecule has 8 heteroatoms. The molecule has 2 heterocycles. The molecule has 1 atom stereocenters. The molecule has 2 fully saturated rings. The highest BCUT2D eigenvalue weighted by molar-refractivity contribution is 5.74. The maximum absolute atomic E-state index is 11.9. The minimum absolute atomic E-state index is 0.0669. The Kier molecular flexibility index (Phi) is 5.57. The van der Waals surface area contributed by atoms with E-state index in [0.717, 1.165) is 19.4 Å². The number of nitrogens with zero attached hydrogens (tertiary/aromatic N) is 1. The van der Waals surface area contributed by atoms with Crippen molar-refractivity contribution in [3.05, 3.63) is 20.4 Å². The average molecular weight is 351 g/mol. The Hall–Kier alpha value is -2.09. The molecule has 1 amide bonds. The molecule has 0 radical (unpaired) electrons. The summed E-state index contributed by atoms with van der Waals surface area (Å²) in [7, 11) is 0. The molecule has 0 aromatic heterocycles. The van der Waals surface area contributed by atoms with Gasteiger partial charge in [-0.05, 0) is 32.6 Å². The van der Waals surface area contributed by atoms with E-state index in [1.807, 2.05) is 0 Å². The summed E-state index contributed by atoms with van der Waals surface area (Å²) in [5, 5.41) is 6.24. The molecule has 0 spiro atoms. The van der Waals surface area contributed by atoms with Crippen LogP contribution in [0.5, 0.6) is 0 Å². The second-order valence-electron chi connectivity index (χ2n) is 6.53. The van der Waals surface area contributed by atoms with Crippen molar-refractivity contribution >= 4 is 17.5 Å². The fourth-order valence-corrected chi connectivity index (χ4v) is 3.34. The molecule has 1 aromatic rings. The van der Waals surface area contributed by atoms with Gasteiger partial charge in [0.2, 0.25) is 0 Å². The van der Waals surface area contributed by atoms with Gasteiger partial charge < -0.3 is 25.0 Å². The van der Waals surface area contributed by atoms with Crippen molar-refractivity contribution in [1.82, 2.24) is 4.90 Å². The number of amides is 1. The normalized spacial score (nSPS) is 21.5. The van der Waals surface area contributed by atoms with Gasteiger partial charge in [0, 0.05) is 32.3 Å². The van der Waals surface area contributed by atoms with E-state index in [-0.39, 0.29) is 18.2 Å². The highest BCUT2D eigenvalue weighted by atomic mass is 16.6. The van der Waals surface area contributed by atoms with Crippen molar-refractivity contribution in [3.8, 4) is 0 Å². The van der Waals surface area contributed by atoms with Crippen LogP contribution in [0.3, 0.4) is 0 Å². The standard InChI is InChI=1S/C17H25N3O5/c1-2-24-17(23)20-7-5-11(6-8-20)19-14-13(15(21)16(14)22)18-10-12-4-3-9-25-12/h11-12,18-19H,2-10H2,1H3/t12-/m1/s1. The lowest BCUT2D eigenvalue weighted by atomic mass is 10.0. The summed E-state index contributed by atoms with van der Waals surface area (Å²) in [5.41, 5.74) is -0.196. The van der Waals surface area contributed by atoms with Crippen LogP contribution in [0.2, 0.25) is 0 Å². The van der Waals surface area contributed by atoms with Crippen LogP contribution in [0.25, 0.3) is 0 Å². The van der Waals surface area contributed by atoms with Gasteiger partial charge in [0.15, 0.2) is 0 Å². The molecule has 138 valence electrons. The van der Waals surface area contributed by atoms with Gasteiger partial charge in [-0.1, -0.05) is 0 Å². The van der Waals surface area contributed by atoms with Gasteiger partial charge in [0.25, 0.3) is 10.9 Å². The van der Waals surface area contributed by atoms with Crippen LogP contribution in [0, 0.1) is 0 Å². The zero-order valence-corrected chi connectivity index (χ0v) is 14.5. The monoisotopic (exact) mass is 351 g/mol. The second-order valence-corrected chi connectivity index (χ2v) is 6.53. The molecule has 3 rings (SSSR count). The Morgan fingerprint density at radius 1 is 1.20 bits per heavy atom. The van der Waals surface area contributed by atoms with Crippen LogP contribution >= 0.6 is 0 Å². The van der Waals surface area contributed by atoms with Gasteiger partial charge in [-0.25, -0.2) is 4.79 Å². The predicted molar refractivity (Wildman–Crippen MR) is 94.1 cm³/mol. The van der Waals surface area contributed by atoms with E-state index < -0.39 is 10.9 Å². The molecule has 2 aliphatic heterocycles. The number of hydrogen-bond acceptors (Lipinski definition) is 7. The summed E-state index contributed by atoms with van der Waals surface area (Å²) in [6.45, 7) is 4.59. The summed E-state index contributed by atoms with van der Waals surface area (Å²) in [6.07, 6.45) is 3.23. The molecule has 1 aromatic carbocycles. The number of ether oxygens (including phenoxy) is 2. The van der Waals surface area contributed by atoms with Crippen molar-refractivity contribution < 1.29 is 14.3 Å². The number of hydrogen-bond donors (Lipinski definition) is 2. The number of likely N-dealkylation sites (tertiary alicyclic amines) is 1. The quantitative estimate of drug-likeness (QED) is 0.735. The zero-order chi connectivity index (χ0) is 17.8. The number of rotatable bonds is 6. The first-order chi connectivity index (χ1) is 12.1. The Bertz CT molecular complexity index is 668. The SMILES string of the molecule is CCOC(=O)N1CCC(Nc2c(NC[C@H]3CCCO3)c(=O)c2=O)CC1. The van der Waals surface area contributed by atoms with Crippen molar-refractivity contribution in [3.63, 3.8) is 0 Å². The van der Waals surface area contributed by atoms with Gasteiger partial charge in [-0.3, -0.25) is 9.59 Å². The summed E-state index contributed by atoms with van der Waals surface area (Å²) in [5.74, 6) is 0. The van der Waals surface area contributed by atoms with Crippen LogP contribution < -0.4 is 21.5 Å². The summed E-state index contributed by atoms with van der Waals surface area (Å²) < 4.78 is 10.5. The number of carbonyl (C=O) groups excluding carboxylic acids is 1. The predicted octanol–water partition coefficient (Wildman–Crippen LogP) is 0.906. The minimum Gasteiger partial charge on any atom is -0.450 e. The van der Waals surface area contributed by atoms with E-state index in [2.05, 4.69) is 10.6 Å². The van der Waals surface area contributed by atoms with Gasteiger partial charge in [0.05, 0.1) is 12.7 Å². The van der Waals surface area contributed by atoms with Crippen LogP contribution in [-0.4, -0.2) is 56.0 Å². The lowest BCUT2D eigenvalue weighted by Crippen LogP contribution is -2.45. The average Bonchev–Trinajstić information content (AvgIpc) is 3.14. The molecular weight excluding hydrogens is 326 g/mol. The van der Waals surface area contributed by atoms with Crippen LogP contribution in [0.15, 0.2) is 9.59 Å². The molecule has 2 aliphatic rings. The van der Waals surface area contributed by atoms with E-state index in [0.29, 0.717) is 50.5 Å². The molecule has 2 N–H and O–H groups in total. The van der Waals surface area contributed by atoms with E-state index >= 15 is 0 Å². The molecule has 0 aliphatic carbocycles. The molecular formula is C17H25N3O5. The fourth-order valence-electron chi connectivity index (χ4n) is 3.34. The first-order valence-corrected chi connectivity index (χ1v) is 8.97. The van der Waals surface area contributed by atoms with E-state index in [1.54, 1.807) is 11.8 Å². The van der Waals surface area contributed by atoms with Gasteiger partial charge >= 0.3 is 6.09 Å². The van der Waals surface area contributed by atoms with Crippen molar-refractivity contribution in [2.45, 2.75) is 44.8 Å². The third-order valence-electron chi connectivity index (χ3n) is 4.81. The summed E-state index contributed by atoms with van der Waals surface area (Å²) in [6, 6.07) is 0.0669. The molecule has 0 saturated carbocycles. The molecule has 2 saturated heterocycles. The van der Waals surface area contributed by atoms with Crippen molar-refractivity contribution in [2.24, 2.45) is 0 Å². The van der Waals surface area contributed by atoms with E-state index in [9.17, 15) is 14.4 Å². The maximum Gasteiger partial charge on any atom is 0.409 e. The Labute approximate surface area is 146 Å². The third-order valence-corrected chi connectivity index (χ3v) is 4.81. The zero-order valence-electron chi connectivity index (χ0n) is 14.5. The molecule has 0 unspecified atom stereocenters. The summed E-state index contributed by atoms with van der Waals surface area (Å²) in [4.78, 5) is 37.1. The minimum atomic E-state index is -0.470. The van der Waals surface area contributed by atoms with E-state index in [1.165, 1.54) is 0 Å². The highest BCUT2D eigenvalue weighted by Gasteiger charge is 2.28. The first kappa shape index (κ1) is 17.7. The highest BCUT2D eigenvalue weighted by Crippen LogP contribution is 2.21. The van der Waals surface area contributed by atoms with Crippen LogP contribution in [0.4, 0.5) is 16.2 Å².